The van der Waals surface area contributed by atoms with Crippen LogP contribution >= 0.6 is 38.5 Å². The van der Waals surface area contributed by atoms with Crippen molar-refractivity contribution in [3.05, 3.63) is 51.0 Å². The quantitative estimate of drug-likeness (QED) is 0.626. The van der Waals surface area contributed by atoms with E-state index in [0.29, 0.717) is 0 Å². The van der Waals surface area contributed by atoms with Gasteiger partial charge in [-0.05, 0) is 50.7 Å². The van der Waals surface area contributed by atoms with Gasteiger partial charge < -0.3 is 5.32 Å². The summed E-state index contributed by atoms with van der Waals surface area (Å²) in [5, 5.41) is 4.37. The highest BCUT2D eigenvalue weighted by atomic mass is 127. The van der Waals surface area contributed by atoms with E-state index in [2.05, 4.69) is 58.8 Å². The average Bonchev–Trinajstić information content (AvgIpc) is 2.41. The smallest absolute Gasteiger partial charge is 0.147 e. The molecule has 2 aromatic heterocycles. The SMILES string of the molecule is Brc1cnc2c(Nc3ncncc3I)cccc2c1. The van der Waals surface area contributed by atoms with Gasteiger partial charge in [0.2, 0.25) is 0 Å². The lowest BCUT2D eigenvalue weighted by atomic mass is 10.2. The average molecular weight is 427 g/mol. The summed E-state index contributed by atoms with van der Waals surface area (Å²) in [5.41, 5.74) is 1.85. The van der Waals surface area contributed by atoms with Gasteiger partial charge in [0.1, 0.15) is 12.1 Å². The minimum atomic E-state index is 0.785. The monoisotopic (exact) mass is 426 g/mol. The number of pyridine rings is 1. The predicted octanol–water partition coefficient (Wildman–Crippen LogP) is 4.14. The summed E-state index contributed by atoms with van der Waals surface area (Å²) < 4.78 is 1.93. The number of nitrogens with zero attached hydrogens (tertiary/aromatic N) is 3. The van der Waals surface area contributed by atoms with E-state index >= 15 is 0 Å². The molecule has 3 rings (SSSR count). The maximum atomic E-state index is 4.45. The normalized spacial score (nSPS) is 10.6. The van der Waals surface area contributed by atoms with Crippen LogP contribution in [0.1, 0.15) is 0 Å². The number of fused-ring (bicyclic) bond motifs is 1. The van der Waals surface area contributed by atoms with Crippen molar-refractivity contribution in [1.82, 2.24) is 15.0 Å². The van der Waals surface area contributed by atoms with Gasteiger partial charge in [0, 0.05) is 22.3 Å². The molecule has 3 aromatic rings. The van der Waals surface area contributed by atoms with E-state index in [9.17, 15) is 0 Å². The Morgan fingerprint density at radius 3 is 2.89 bits per heavy atom. The molecule has 6 heteroatoms. The second-order valence-electron chi connectivity index (χ2n) is 3.88. The highest BCUT2D eigenvalue weighted by molar-refractivity contribution is 14.1. The zero-order valence-electron chi connectivity index (χ0n) is 9.64. The van der Waals surface area contributed by atoms with Crippen LogP contribution in [0, 0.1) is 3.57 Å². The van der Waals surface area contributed by atoms with Gasteiger partial charge in [-0.2, -0.15) is 0 Å². The molecule has 4 nitrogen and oxygen atoms in total. The minimum absolute atomic E-state index is 0.785. The van der Waals surface area contributed by atoms with Gasteiger partial charge in [0.15, 0.2) is 0 Å². The van der Waals surface area contributed by atoms with Crippen LogP contribution in [0.4, 0.5) is 11.5 Å². The van der Waals surface area contributed by atoms with Crippen LogP contribution in [0.2, 0.25) is 0 Å². The van der Waals surface area contributed by atoms with Crippen molar-refractivity contribution in [2.45, 2.75) is 0 Å². The van der Waals surface area contributed by atoms with E-state index in [1.807, 2.05) is 24.3 Å². The molecule has 0 amide bonds. The Bertz CT molecular complexity index is 748. The van der Waals surface area contributed by atoms with E-state index in [1.165, 1.54) is 6.33 Å². The molecule has 2 heterocycles. The Morgan fingerprint density at radius 1 is 1.16 bits per heavy atom. The molecule has 94 valence electrons. The molecular formula is C13H8BrIN4. The number of para-hydroxylation sites is 1. The molecule has 0 radical (unpaired) electrons. The number of hydrogen-bond acceptors (Lipinski definition) is 4. The van der Waals surface area contributed by atoms with E-state index in [1.54, 1.807) is 12.4 Å². The number of nitrogens with one attached hydrogen (secondary N) is 1. The molecule has 0 aliphatic rings. The Labute approximate surface area is 132 Å². The van der Waals surface area contributed by atoms with Crippen molar-refractivity contribution in [3.8, 4) is 0 Å². The first kappa shape index (κ1) is 12.7. The van der Waals surface area contributed by atoms with Crippen LogP contribution in [-0.2, 0) is 0 Å². The maximum absolute atomic E-state index is 4.45. The Kier molecular flexibility index (Phi) is 3.61. The van der Waals surface area contributed by atoms with Gasteiger partial charge in [0.05, 0.1) is 14.8 Å². The summed E-state index contributed by atoms with van der Waals surface area (Å²) in [7, 11) is 0. The number of hydrogen-bond donors (Lipinski definition) is 1. The number of rotatable bonds is 2. The summed E-state index contributed by atoms with van der Waals surface area (Å²) in [6.45, 7) is 0. The van der Waals surface area contributed by atoms with Crippen LogP contribution in [-0.4, -0.2) is 15.0 Å². The van der Waals surface area contributed by atoms with Crippen molar-refractivity contribution >= 4 is 60.9 Å². The molecule has 1 N–H and O–H groups in total. The second-order valence-corrected chi connectivity index (χ2v) is 5.95. The van der Waals surface area contributed by atoms with Crippen molar-refractivity contribution in [1.29, 1.82) is 0 Å². The first-order valence-corrected chi connectivity index (χ1v) is 7.38. The van der Waals surface area contributed by atoms with Crippen LogP contribution in [0.3, 0.4) is 0 Å². The van der Waals surface area contributed by atoms with Gasteiger partial charge in [0.25, 0.3) is 0 Å². The van der Waals surface area contributed by atoms with Crippen LogP contribution in [0.15, 0.2) is 47.5 Å². The fraction of sp³-hybridized carbons (Fsp3) is 0. The molecule has 0 unspecified atom stereocenters. The highest BCUT2D eigenvalue weighted by Crippen LogP contribution is 2.27. The lowest BCUT2D eigenvalue weighted by molar-refractivity contribution is 1.15. The van der Waals surface area contributed by atoms with Gasteiger partial charge in [-0.1, -0.05) is 12.1 Å². The molecule has 0 atom stereocenters. The summed E-state index contributed by atoms with van der Waals surface area (Å²) >= 11 is 5.63. The van der Waals surface area contributed by atoms with E-state index < -0.39 is 0 Å². The zero-order chi connectivity index (χ0) is 13.2. The molecule has 0 aliphatic heterocycles. The molecule has 0 bridgehead atoms. The third-order valence-electron chi connectivity index (χ3n) is 2.60. The molecular weight excluding hydrogens is 419 g/mol. The summed E-state index contributed by atoms with van der Waals surface area (Å²) in [4.78, 5) is 12.7. The zero-order valence-corrected chi connectivity index (χ0v) is 13.4. The standard InChI is InChI=1S/C13H8BrIN4/c14-9-4-8-2-1-3-11(12(8)17-5-9)19-13-10(15)6-16-7-18-13/h1-7H,(H,16,18,19). The summed E-state index contributed by atoms with van der Waals surface area (Å²) in [6.07, 6.45) is 5.09. The Hall–Kier alpha value is -1.28. The van der Waals surface area contributed by atoms with Gasteiger partial charge >= 0.3 is 0 Å². The van der Waals surface area contributed by atoms with Crippen molar-refractivity contribution in [2.24, 2.45) is 0 Å². The minimum Gasteiger partial charge on any atom is -0.337 e. The lowest BCUT2D eigenvalue weighted by Crippen LogP contribution is -1.98. The molecule has 0 spiro atoms. The predicted molar refractivity (Wildman–Crippen MR) is 87.5 cm³/mol. The largest absolute Gasteiger partial charge is 0.337 e. The number of aromatic nitrogens is 3. The van der Waals surface area contributed by atoms with E-state index in [4.69, 9.17) is 0 Å². The van der Waals surface area contributed by atoms with Crippen LogP contribution in [0.25, 0.3) is 10.9 Å². The number of halogens is 2. The Balaban J connectivity index is 2.09. The lowest BCUT2D eigenvalue weighted by Gasteiger charge is -2.09. The van der Waals surface area contributed by atoms with Gasteiger partial charge in [-0.3, -0.25) is 4.98 Å². The first-order valence-electron chi connectivity index (χ1n) is 5.51. The second kappa shape index (κ2) is 5.38. The Morgan fingerprint density at radius 2 is 2.05 bits per heavy atom. The molecule has 0 aliphatic carbocycles. The van der Waals surface area contributed by atoms with Gasteiger partial charge in [-0.25, -0.2) is 9.97 Å². The van der Waals surface area contributed by atoms with E-state index in [-0.39, 0.29) is 0 Å². The van der Waals surface area contributed by atoms with Gasteiger partial charge in [-0.15, -0.1) is 0 Å². The topological polar surface area (TPSA) is 50.7 Å². The third-order valence-corrected chi connectivity index (χ3v) is 3.82. The fourth-order valence-electron chi connectivity index (χ4n) is 1.77. The molecule has 0 saturated heterocycles. The van der Waals surface area contributed by atoms with Crippen molar-refractivity contribution in [2.75, 3.05) is 5.32 Å². The summed E-state index contributed by atoms with van der Waals surface area (Å²) in [5.74, 6) is 0.785. The molecule has 19 heavy (non-hydrogen) atoms. The number of anilines is 2. The maximum Gasteiger partial charge on any atom is 0.147 e. The summed E-state index contributed by atoms with van der Waals surface area (Å²) in [6, 6.07) is 8.05. The molecule has 0 fully saturated rings. The van der Waals surface area contributed by atoms with Crippen LogP contribution < -0.4 is 5.32 Å². The number of benzene rings is 1. The first-order chi connectivity index (χ1) is 9.24. The third kappa shape index (κ3) is 2.69. The molecule has 1 aromatic carbocycles. The molecule has 0 saturated carbocycles. The highest BCUT2D eigenvalue weighted by Gasteiger charge is 2.06. The van der Waals surface area contributed by atoms with Crippen LogP contribution in [0.5, 0.6) is 0 Å². The van der Waals surface area contributed by atoms with E-state index in [0.717, 1.165) is 30.5 Å². The fourth-order valence-corrected chi connectivity index (χ4v) is 2.55. The van der Waals surface area contributed by atoms with Crippen molar-refractivity contribution < 1.29 is 0 Å². The van der Waals surface area contributed by atoms with Crippen molar-refractivity contribution in [3.63, 3.8) is 0 Å².